The summed E-state index contributed by atoms with van der Waals surface area (Å²) in [6.45, 7) is 8.33. The Kier molecular flexibility index (Phi) is 7.95. The minimum atomic E-state index is -0.0501. The maximum absolute atomic E-state index is 11.7. The molecule has 144 valence electrons. The molecular formula is C21H34N4O. The maximum Gasteiger partial charge on any atom is 0.251 e. The van der Waals surface area contributed by atoms with E-state index < -0.39 is 0 Å². The van der Waals surface area contributed by atoms with Crippen LogP contribution in [-0.2, 0) is 6.42 Å². The van der Waals surface area contributed by atoms with Crippen LogP contribution in [-0.4, -0.2) is 38.0 Å². The summed E-state index contributed by atoms with van der Waals surface area (Å²) in [5, 5.41) is 9.64. The fourth-order valence-corrected chi connectivity index (χ4v) is 3.89. The molecule has 2 rings (SSSR count). The van der Waals surface area contributed by atoms with Gasteiger partial charge in [0.2, 0.25) is 0 Å². The molecule has 1 saturated carbocycles. The fraction of sp³-hybridized carbons (Fsp3) is 0.619. The first kappa shape index (κ1) is 20.3. The highest BCUT2D eigenvalue weighted by molar-refractivity contribution is 5.94. The Bertz CT molecular complexity index is 604. The number of nitrogens with one attached hydrogen (secondary N) is 3. The SMILES string of the molecule is CCNC(=NCCc1cccc(C(=O)NC)c1)NC1CC(C)CC(C)C1. The van der Waals surface area contributed by atoms with Crippen molar-refractivity contribution in [3.63, 3.8) is 0 Å². The predicted molar refractivity (Wildman–Crippen MR) is 109 cm³/mol. The van der Waals surface area contributed by atoms with E-state index in [-0.39, 0.29) is 5.91 Å². The molecule has 0 bridgehead atoms. The van der Waals surface area contributed by atoms with Gasteiger partial charge in [-0.3, -0.25) is 9.79 Å². The molecule has 0 aromatic heterocycles. The number of rotatable bonds is 6. The van der Waals surface area contributed by atoms with Gasteiger partial charge in [-0.05, 0) is 62.1 Å². The molecule has 26 heavy (non-hydrogen) atoms. The van der Waals surface area contributed by atoms with Crippen LogP contribution in [0.4, 0.5) is 0 Å². The summed E-state index contributed by atoms with van der Waals surface area (Å²) in [4.78, 5) is 16.5. The van der Waals surface area contributed by atoms with E-state index in [4.69, 9.17) is 4.99 Å². The van der Waals surface area contributed by atoms with Crippen LogP contribution in [0.5, 0.6) is 0 Å². The van der Waals surface area contributed by atoms with Crippen molar-refractivity contribution < 1.29 is 4.79 Å². The normalized spacial score (nSPS) is 23.4. The van der Waals surface area contributed by atoms with Crippen molar-refractivity contribution in [1.29, 1.82) is 0 Å². The van der Waals surface area contributed by atoms with Crippen LogP contribution in [0.2, 0.25) is 0 Å². The van der Waals surface area contributed by atoms with Crippen molar-refractivity contribution in [2.75, 3.05) is 20.1 Å². The van der Waals surface area contributed by atoms with E-state index in [2.05, 4.69) is 36.7 Å². The largest absolute Gasteiger partial charge is 0.357 e. The Hall–Kier alpha value is -2.04. The van der Waals surface area contributed by atoms with Gasteiger partial charge < -0.3 is 16.0 Å². The molecule has 5 nitrogen and oxygen atoms in total. The molecule has 1 aliphatic carbocycles. The molecule has 2 unspecified atom stereocenters. The maximum atomic E-state index is 11.7. The monoisotopic (exact) mass is 358 g/mol. The van der Waals surface area contributed by atoms with Gasteiger partial charge in [-0.2, -0.15) is 0 Å². The predicted octanol–water partition coefficient (Wildman–Crippen LogP) is 2.97. The van der Waals surface area contributed by atoms with E-state index in [1.54, 1.807) is 7.05 Å². The van der Waals surface area contributed by atoms with Gasteiger partial charge in [-0.1, -0.05) is 26.0 Å². The topological polar surface area (TPSA) is 65.5 Å². The zero-order chi connectivity index (χ0) is 18.9. The third-order valence-electron chi connectivity index (χ3n) is 4.95. The molecule has 3 N–H and O–H groups in total. The van der Waals surface area contributed by atoms with E-state index in [1.807, 2.05) is 24.3 Å². The lowest BCUT2D eigenvalue weighted by Gasteiger charge is -2.32. The van der Waals surface area contributed by atoms with Crippen molar-refractivity contribution in [2.45, 2.75) is 52.5 Å². The fourth-order valence-electron chi connectivity index (χ4n) is 3.89. The van der Waals surface area contributed by atoms with Crippen LogP contribution in [0.15, 0.2) is 29.3 Å². The molecule has 1 amide bonds. The third kappa shape index (κ3) is 6.36. The smallest absolute Gasteiger partial charge is 0.251 e. The van der Waals surface area contributed by atoms with Gasteiger partial charge in [0.15, 0.2) is 5.96 Å². The average molecular weight is 359 g/mol. The second kappa shape index (κ2) is 10.2. The lowest BCUT2D eigenvalue weighted by Crippen LogP contribution is -2.46. The number of hydrogen-bond acceptors (Lipinski definition) is 2. The Balaban J connectivity index is 1.93. The summed E-state index contributed by atoms with van der Waals surface area (Å²) < 4.78 is 0. The highest BCUT2D eigenvalue weighted by atomic mass is 16.1. The van der Waals surface area contributed by atoms with E-state index in [0.717, 1.165) is 36.3 Å². The van der Waals surface area contributed by atoms with Crippen molar-refractivity contribution in [2.24, 2.45) is 16.8 Å². The molecule has 1 fully saturated rings. The molecule has 0 aliphatic heterocycles. The molecule has 0 radical (unpaired) electrons. The Morgan fingerprint density at radius 1 is 1.19 bits per heavy atom. The first-order valence-corrected chi connectivity index (χ1v) is 9.87. The highest BCUT2D eigenvalue weighted by Gasteiger charge is 2.24. The van der Waals surface area contributed by atoms with Gasteiger partial charge in [0, 0.05) is 31.7 Å². The second-order valence-corrected chi connectivity index (χ2v) is 7.55. The van der Waals surface area contributed by atoms with Crippen LogP contribution in [0.3, 0.4) is 0 Å². The summed E-state index contributed by atoms with van der Waals surface area (Å²) in [7, 11) is 1.65. The van der Waals surface area contributed by atoms with Crippen LogP contribution >= 0.6 is 0 Å². The summed E-state index contributed by atoms with van der Waals surface area (Å²) in [5.74, 6) is 2.39. The van der Waals surface area contributed by atoms with Gasteiger partial charge in [0.05, 0.1) is 0 Å². The Morgan fingerprint density at radius 3 is 2.58 bits per heavy atom. The molecule has 1 aliphatic rings. The second-order valence-electron chi connectivity index (χ2n) is 7.55. The summed E-state index contributed by atoms with van der Waals surface area (Å²) in [6.07, 6.45) is 4.57. The number of benzene rings is 1. The van der Waals surface area contributed by atoms with Crippen LogP contribution < -0.4 is 16.0 Å². The third-order valence-corrected chi connectivity index (χ3v) is 4.95. The molecular weight excluding hydrogens is 324 g/mol. The lowest BCUT2D eigenvalue weighted by atomic mass is 9.80. The summed E-state index contributed by atoms with van der Waals surface area (Å²) in [5.41, 5.74) is 1.83. The average Bonchev–Trinajstić information content (AvgIpc) is 2.60. The lowest BCUT2D eigenvalue weighted by molar-refractivity contribution is 0.0963. The summed E-state index contributed by atoms with van der Waals surface area (Å²) >= 11 is 0. The van der Waals surface area contributed by atoms with Gasteiger partial charge in [-0.25, -0.2) is 0 Å². The molecule has 1 aromatic carbocycles. The van der Waals surface area contributed by atoms with Gasteiger partial charge >= 0.3 is 0 Å². The van der Waals surface area contributed by atoms with Crippen molar-refractivity contribution in [3.8, 4) is 0 Å². The van der Waals surface area contributed by atoms with E-state index >= 15 is 0 Å². The number of nitrogens with zero attached hydrogens (tertiary/aromatic N) is 1. The van der Waals surface area contributed by atoms with E-state index in [1.165, 1.54) is 19.3 Å². The molecule has 0 heterocycles. The molecule has 0 saturated heterocycles. The first-order chi connectivity index (χ1) is 12.5. The standard InChI is InChI=1S/C21H34N4O/c1-5-23-21(25-19-12-15(2)11-16(3)13-19)24-10-9-17-7-6-8-18(14-17)20(26)22-4/h6-8,14-16,19H,5,9-13H2,1-4H3,(H,22,26)(H2,23,24,25). The number of carbonyl (C=O) groups excluding carboxylic acids is 1. The van der Waals surface area contributed by atoms with Gasteiger partial charge in [0.25, 0.3) is 5.91 Å². The van der Waals surface area contributed by atoms with Gasteiger partial charge in [-0.15, -0.1) is 0 Å². The molecule has 2 atom stereocenters. The number of hydrogen-bond donors (Lipinski definition) is 3. The quantitative estimate of drug-likeness (QED) is 0.541. The number of guanidine groups is 1. The molecule has 0 spiro atoms. The van der Waals surface area contributed by atoms with Crippen LogP contribution in [0.25, 0.3) is 0 Å². The van der Waals surface area contributed by atoms with Gasteiger partial charge in [0.1, 0.15) is 0 Å². The Labute approximate surface area is 158 Å². The van der Waals surface area contributed by atoms with Crippen molar-refractivity contribution >= 4 is 11.9 Å². The number of amides is 1. The highest BCUT2D eigenvalue weighted by Crippen LogP contribution is 2.28. The molecule has 5 heteroatoms. The zero-order valence-electron chi connectivity index (χ0n) is 16.6. The van der Waals surface area contributed by atoms with Crippen LogP contribution in [0, 0.1) is 11.8 Å². The minimum Gasteiger partial charge on any atom is -0.357 e. The zero-order valence-corrected chi connectivity index (χ0v) is 16.6. The van der Waals surface area contributed by atoms with E-state index in [9.17, 15) is 4.79 Å². The van der Waals surface area contributed by atoms with Crippen molar-refractivity contribution in [1.82, 2.24) is 16.0 Å². The van der Waals surface area contributed by atoms with E-state index in [0.29, 0.717) is 18.2 Å². The summed E-state index contributed by atoms with van der Waals surface area (Å²) in [6, 6.07) is 8.26. The number of aliphatic imine (C=N–C) groups is 1. The van der Waals surface area contributed by atoms with Crippen LogP contribution in [0.1, 0.15) is 56.0 Å². The number of carbonyl (C=O) groups is 1. The first-order valence-electron chi connectivity index (χ1n) is 9.87. The van der Waals surface area contributed by atoms with Crippen molar-refractivity contribution in [3.05, 3.63) is 35.4 Å². The molecule has 1 aromatic rings. The Morgan fingerprint density at radius 2 is 1.92 bits per heavy atom. The minimum absolute atomic E-state index is 0.0501.